The van der Waals surface area contributed by atoms with Gasteiger partial charge in [0.25, 0.3) is 0 Å². The molecule has 2 rings (SSSR count). The normalized spacial score (nSPS) is 10.2. The number of nitrogens with one attached hydrogen (secondary N) is 1. The number of anilines is 3. The van der Waals surface area contributed by atoms with Crippen molar-refractivity contribution < 1.29 is 9.47 Å². The number of rotatable bonds is 5. The van der Waals surface area contributed by atoms with Crippen LogP contribution in [0.2, 0.25) is 5.02 Å². The number of hydrogen-bond acceptors (Lipinski definition) is 4. The maximum Gasteiger partial charge on any atom is 0.137 e. The van der Waals surface area contributed by atoms with Crippen LogP contribution in [0.4, 0.5) is 17.1 Å². The van der Waals surface area contributed by atoms with Gasteiger partial charge in [0, 0.05) is 29.2 Å². The second kappa shape index (κ2) is 6.39. The fourth-order valence-electron chi connectivity index (χ4n) is 1.86. The Morgan fingerprint density at radius 3 is 2.60 bits per heavy atom. The first-order valence-corrected chi connectivity index (χ1v) is 6.64. The lowest BCUT2D eigenvalue weighted by atomic mass is 10.2. The van der Waals surface area contributed by atoms with Crippen LogP contribution in [0.3, 0.4) is 0 Å². The van der Waals surface area contributed by atoms with Crippen molar-refractivity contribution in [1.29, 1.82) is 0 Å². The van der Waals surface area contributed by atoms with Crippen molar-refractivity contribution in [2.45, 2.75) is 6.92 Å². The van der Waals surface area contributed by atoms with E-state index in [1.54, 1.807) is 25.3 Å². The summed E-state index contributed by atoms with van der Waals surface area (Å²) in [5.74, 6) is 1.37. The molecule has 0 heterocycles. The van der Waals surface area contributed by atoms with Gasteiger partial charge in [-0.15, -0.1) is 0 Å². The molecular weight excluding hydrogens is 276 g/mol. The van der Waals surface area contributed by atoms with E-state index in [0.29, 0.717) is 23.1 Å². The summed E-state index contributed by atoms with van der Waals surface area (Å²) < 4.78 is 10.6. The molecule has 2 aromatic carbocycles. The van der Waals surface area contributed by atoms with Gasteiger partial charge in [-0.05, 0) is 31.2 Å². The van der Waals surface area contributed by atoms with Crippen LogP contribution in [0, 0.1) is 0 Å². The molecule has 106 valence electrons. The van der Waals surface area contributed by atoms with E-state index >= 15 is 0 Å². The van der Waals surface area contributed by atoms with Gasteiger partial charge in [-0.1, -0.05) is 11.6 Å². The smallest absolute Gasteiger partial charge is 0.137 e. The molecule has 0 atom stereocenters. The Morgan fingerprint density at radius 2 is 1.95 bits per heavy atom. The van der Waals surface area contributed by atoms with Gasteiger partial charge in [0.15, 0.2) is 0 Å². The van der Waals surface area contributed by atoms with Gasteiger partial charge in [0.2, 0.25) is 0 Å². The molecule has 0 saturated carbocycles. The first-order chi connectivity index (χ1) is 9.62. The van der Waals surface area contributed by atoms with E-state index in [1.165, 1.54) is 0 Å². The SMILES string of the molecule is CCOc1cc(N)cc(Nc2ccc(OC)c(Cl)c2)c1. The lowest BCUT2D eigenvalue weighted by Crippen LogP contribution is -1.97. The summed E-state index contributed by atoms with van der Waals surface area (Å²) in [6, 6.07) is 11.0. The summed E-state index contributed by atoms with van der Waals surface area (Å²) in [5, 5.41) is 3.78. The maximum atomic E-state index is 6.09. The highest BCUT2D eigenvalue weighted by atomic mass is 35.5. The van der Waals surface area contributed by atoms with Crippen molar-refractivity contribution in [3.8, 4) is 11.5 Å². The molecule has 4 nitrogen and oxygen atoms in total. The monoisotopic (exact) mass is 292 g/mol. The number of hydrogen-bond donors (Lipinski definition) is 2. The summed E-state index contributed by atoms with van der Waals surface area (Å²) >= 11 is 6.09. The lowest BCUT2D eigenvalue weighted by Gasteiger charge is -2.11. The number of nitrogen functional groups attached to an aromatic ring is 1. The predicted octanol–water partition coefficient (Wildman–Crippen LogP) is 4.07. The van der Waals surface area contributed by atoms with Crippen LogP contribution < -0.4 is 20.5 Å². The average molecular weight is 293 g/mol. The third-order valence-corrected chi connectivity index (χ3v) is 2.98. The lowest BCUT2D eigenvalue weighted by molar-refractivity contribution is 0.340. The highest BCUT2D eigenvalue weighted by Crippen LogP contribution is 2.30. The Kier molecular flexibility index (Phi) is 4.58. The van der Waals surface area contributed by atoms with Crippen molar-refractivity contribution in [2.24, 2.45) is 0 Å². The minimum Gasteiger partial charge on any atom is -0.495 e. The van der Waals surface area contributed by atoms with Crippen LogP contribution in [0.1, 0.15) is 6.92 Å². The fourth-order valence-corrected chi connectivity index (χ4v) is 2.11. The molecule has 0 radical (unpaired) electrons. The molecule has 2 aromatic rings. The number of methoxy groups -OCH3 is 1. The second-order valence-corrected chi connectivity index (χ2v) is 4.61. The summed E-state index contributed by atoms with van der Waals surface area (Å²) in [7, 11) is 1.58. The molecule has 0 amide bonds. The quantitative estimate of drug-likeness (QED) is 0.816. The Labute approximate surface area is 123 Å². The van der Waals surface area contributed by atoms with Crippen LogP contribution in [0.15, 0.2) is 36.4 Å². The largest absolute Gasteiger partial charge is 0.495 e. The molecule has 3 N–H and O–H groups in total. The topological polar surface area (TPSA) is 56.5 Å². The molecule has 0 saturated heterocycles. The molecule has 0 spiro atoms. The summed E-state index contributed by atoms with van der Waals surface area (Å²) in [4.78, 5) is 0. The zero-order valence-electron chi connectivity index (χ0n) is 11.4. The highest BCUT2D eigenvalue weighted by Gasteiger charge is 2.04. The molecule has 0 fully saturated rings. The van der Waals surface area contributed by atoms with E-state index < -0.39 is 0 Å². The van der Waals surface area contributed by atoms with Crippen molar-refractivity contribution in [1.82, 2.24) is 0 Å². The second-order valence-electron chi connectivity index (χ2n) is 4.20. The van der Waals surface area contributed by atoms with E-state index in [9.17, 15) is 0 Å². The van der Waals surface area contributed by atoms with Crippen LogP contribution in [0.5, 0.6) is 11.5 Å². The molecular formula is C15H17ClN2O2. The number of benzene rings is 2. The summed E-state index contributed by atoms with van der Waals surface area (Å²) in [6.07, 6.45) is 0. The minimum atomic E-state index is 0.548. The van der Waals surface area contributed by atoms with Gasteiger partial charge >= 0.3 is 0 Å². The van der Waals surface area contributed by atoms with Crippen molar-refractivity contribution in [2.75, 3.05) is 24.8 Å². The first kappa shape index (κ1) is 14.3. The van der Waals surface area contributed by atoms with Crippen LogP contribution in [-0.2, 0) is 0 Å². The third kappa shape index (κ3) is 3.48. The third-order valence-electron chi connectivity index (χ3n) is 2.68. The van der Waals surface area contributed by atoms with Crippen molar-refractivity contribution >= 4 is 28.7 Å². The standard InChI is InChI=1S/C15H17ClN2O2/c1-3-20-13-7-10(17)6-12(8-13)18-11-4-5-15(19-2)14(16)9-11/h4-9,18H,3,17H2,1-2H3. The number of halogens is 1. The Balaban J connectivity index is 2.23. The van der Waals surface area contributed by atoms with Gasteiger partial charge in [-0.25, -0.2) is 0 Å². The molecule has 5 heteroatoms. The molecule has 0 aliphatic rings. The van der Waals surface area contributed by atoms with E-state index in [4.69, 9.17) is 26.8 Å². The zero-order chi connectivity index (χ0) is 14.5. The summed E-state index contributed by atoms with van der Waals surface area (Å²) in [5.41, 5.74) is 8.18. The molecule has 0 bridgehead atoms. The molecule has 0 unspecified atom stereocenters. The summed E-state index contributed by atoms with van der Waals surface area (Å²) in [6.45, 7) is 2.52. The zero-order valence-corrected chi connectivity index (χ0v) is 12.2. The molecule has 0 aliphatic carbocycles. The van der Waals surface area contributed by atoms with Gasteiger partial charge < -0.3 is 20.5 Å². The van der Waals surface area contributed by atoms with E-state index in [0.717, 1.165) is 17.1 Å². The van der Waals surface area contributed by atoms with Crippen LogP contribution in [-0.4, -0.2) is 13.7 Å². The number of ether oxygens (including phenoxy) is 2. The Bertz CT molecular complexity index is 602. The van der Waals surface area contributed by atoms with E-state index in [1.807, 2.05) is 25.1 Å². The van der Waals surface area contributed by atoms with Crippen molar-refractivity contribution in [3.05, 3.63) is 41.4 Å². The fraction of sp³-hybridized carbons (Fsp3) is 0.200. The Hall–Kier alpha value is -2.07. The molecule has 0 aromatic heterocycles. The maximum absolute atomic E-state index is 6.09. The highest BCUT2D eigenvalue weighted by molar-refractivity contribution is 6.32. The van der Waals surface area contributed by atoms with Crippen LogP contribution in [0.25, 0.3) is 0 Å². The van der Waals surface area contributed by atoms with E-state index in [-0.39, 0.29) is 0 Å². The first-order valence-electron chi connectivity index (χ1n) is 6.26. The van der Waals surface area contributed by atoms with Crippen molar-refractivity contribution in [3.63, 3.8) is 0 Å². The average Bonchev–Trinajstić information content (AvgIpc) is 2.38. The van der Waals surface area contributed by atoms with E-state index in [2.05, 4.69) is 5.32 Å². The van der Waals surface area contributed by atoms with Gasteiger partial charge in [0.1, 0.15) is 11.5 Å². The molecule has 20 heavy (non-hydrogen) atoms. The number of nitrogens with two attached hydrogens (primary N) is 1. The van der Waals surface area contributed by atoms with Gasteiger partial charge in [-0.2, -0.15) is 0 Å². The van der Waals surface area contributed by atoms with Crippen LogP contribution >= 0.6 is 11.6 Å². The van der Waals surface area contributed by atoms with Gasteiger partial charge in [-0.3, -0.25) is 0 Å². The predicted molar refractivity (Wildman–Crippen MR) is 83.3 cm³/mol. The molecule has 0 aliphatic heterocycles. The van der Waals surface area contributed by atoms with Gasteiger partial charge in [0.05, 0.1) is 18.7 Å². The Morgan fingerprint density at radius 1 is 1.15 bits per heavy atom. The minimum absolute atomic E-state index is 0.548.